The number of benzene rings is 1. The molecule has 1 saturated carbocycles. The van der Waals surface area contributed by atoms with E-state index in [0.717, 1.165) is 11.5 Å². The van der Waals surface area contributed by atoms with E-state index in [1.807, 2.05) is 0 Å². The fourth-order valence-electron chi connectivity index (χ4n) is 2.92. The van der Waals surface area contributed by atoms with Gasteiger partial charge in [0, 0.05) is 4.83 Å². The standard InChI is InChI=1S/C15H19BrO2/c16-13-4-2-1-3-11(9-13)12-5-6-14-15(10-12)18-8-7-17-14/h5-6,10-11,13H,1-4,7-9H2. The number of ether oxygens (including phenoxy) is 2. The van der Waals surface area contributed by atoms with E-state index in [2.05, 4.69) is 34.1 Å². The summed E-state index contributed by atoms with van der Waals surface area (Å²) in [4.78, 5) is 0.665. The average molecular weight is 311 g/mol. The summed E-state index contributed by atoms with van der Waals surface area (Å²) in [6, 6.07) is 6.46. The van der Waals surface area contributed by atoms with E-state index in [9.17, 15) is 0 Å². The van der Waals surface area contributed by atoms with Gasteiger partial charge < -0.3 is 9.47 Å². The van der Waals surface area contributed by atoms with Crippen molar-refractivity contribution in [2.24, 2.45) is 0 Å². The van der Waals surface area contributed by atoms with Gasteiger partial charge in [-0.05, 0) is 42.9 Å². The lowest BCUT2D eigenvalue weighted by atomic mass is 9.91. The molecule has 2 atom stereocenters. The molecule has 1 aromatic rings. The monoisotopic (exact) mass is 310 g/mol. The van der Waals surface area contributed by atoms with E-state index in [0.29, 0.717) is 24.0 Å². The lowest BCUT2D eigenvalue weighted by Gasteiger charge is -2.22. The van der Waals surface area contributed by atoms with Crippen molar-refractivity contribution in [3.05, 3.63) is 23.8 Å². The van der Waals surface area contributed by atoms with Crippen LogP contribution in [0.3, 0.4) is 0 Å². The van der Waals surface area contributed by atoms with Crippen molar-refractivity contribution < 1.29 is 9.47 Å². The van der Waals surface area contributed by atoms with Crippen LogP contribution in [0.15, 0.2) is 18.2 Å². The zero-order valence-corrected chi connectivity index (χ0v) is 12.1. The second kappa shape index (κ2) is 5.52. The van der Waals surface area contributed by atoms with Crippen molar-refractivity contribution in [3.63, 3.8) is 0 Å². The van der Waals surface area contributed by atoms with E-state index in [1.165, 1.54) is 37.7 Å². The summed E-state index contributed by atoms with van der Waals surface area (Å²) in [5, 5.41) is 0. The highest BCUT2D eigenvalue weighted by Gasteiger charge is 2.21. The molecule has 1 aliphatic heterocycles. The Labute approximate surface area is 117 Å². The van der Waals surface area contributed by atoms with Gasteiger partial charge in [-0.15, -0.1) is 0 Å². The predicted octanol–water partition coefficient (Wildman–Crippen LogP) is 4.27. The topological polar surface area (TPSA) is 18.5 Å². The van der Waals surface area contributed by atoms with Gasteiger partial charge in [0.25, 0.3) is 0 Å². The minimum Gasteiger partial charge on any atom is -0.486 e. The van der Waals surface area contributed by atoms with Crippen molar-refractivity contribution in [1.82, 2.24) is 0 Å². The van der Waals surface area contributed by atoms with Crippen molar-refractivity contribution in [1.29, 1.82) is 0 Å². The van der Waals surface area contributed by atoms with Crippen LogP contribution in [0.5, 0.6) is 11.5 Å². The van der Waals surface area contributed by atoms with Crippen LogP contribution in [0.2, 0.25) is 0 Å². The number of halogens is 1. The van der Waals surface area contributed by atoms with Crippen LogP contribution in [0.4, 0.5) is 0 Å². The van der Waals surface area contributed by atoms with E-state index >= 15 is 0 Å². The summed E-state index contributed by atoms with van der Waals surface area (Å²) in [7, 11) is 0. The first-order chi connectivity index (χ1) is 8.83. The van der Waals surface area contributed by atoms with Gasteiger partial charge in [0.15, 0.2) is 11.5 Å². The molecule has 3 heteroatoms. The molecule has 0 aromatic heterocycles. The van der Waals surface area contributed by atoms with E-state index < -0.39 is 0 Å². The summed E-state index contributed by atoms with van der Waals surface area (Å²) < 4.78 is 11.3. The zero-order chi connectivity index (χ0) is 12.4. The molecule has 0 N–H and O–H groups in total. The molecule has 98 valence electrons. The molecule has 0 saturated heterocycles. The number of rotatable bonds is 1. The lowest BCUT2D eigenvalue weighted by Crippen LogP contribution is -2.15. The summed E-state index contributed by atoms with van der Waals surface area (Å²) in [6.07, 6.45) is 6.51. The second-order valence-corrected chi connectivity index (χ2v) is 6.51. The Hall–Kier alpha value is -0.700. The van der Waals surface area contributed by atoms with Crippen LogP contribution in [-0.2, 0) is 0 Å². The quantitative estimate of drug-likeness (QED) is 0.569. The lowest BCUT2D eigenvalue weighted by molar-refractivity contribution is 0.171. The Kier molecular flexibility index (Phi) is 3.78. The SMILES string of the molecule is BrC1CCCCC(c2ccc3c(c2)OCCO3)C1. The van der Waals surface area contributed by atoms with Gasteiger partial charge in [0.1, 0.15) is 13.2 Å². The van der Waals surface area contributed by atoms with E-state index in [4.69, 9.17) is 9.47 Å². The number of alkyl halides is 1. The van der Waals surface area contributed by atoms with Gasteiger partial charge in [-0.2, -0.15) is 0 Å². The Morgan fingerprint density at radius 3 is 2.67 bits per heavy atom. The molecular formula is C15H19BrO2. The van der Waals surface area contributed by atoms with Crippen LogP contribution in [0.1, 0.15) is 43.6 Å². The summed E-state index contributed by atoms with van der Waals surface area (Å²) in [6.45, 7) is 1.33. The number of hydrogen-bond acceptors (Lipinski definition) is 2. The Morgan fingerprint density at radius 1 is 1.00 bits per heavy atom. The van der Waals surface area contributed by atoms with Crippen molar-refractivity contribution in [2.75, 3.05) is 13.2 Å². The fourth-order valence-corrected chi connectivity index (χ4v) is 3.69. The van der Waals surface area contributed by atoms with Gasteiger partial charge in [-0.25, -0.2) is 0 Å². The summed E-state index contributed by atoms with van der Waals surface area (Å²) in [5.74, 6) is 2.48. The summed E-state index contributed by atoms with van der Waals surface area (Å²) >= 11 is 3.79. The van der Waals surface area contributed by atoms with E-state index in [-0.39, 0.29) is 0 Å². The highest BCUT2D eigenvalue weighted by atomic mass is 79.9. The largest absolute Gasteiger partial charge is 0.486 e. The zero-order valence-electron chi connectivity index (χ0n) is 10.5. The molecule has 1 aromatic carbocycles. The molecule has 3 rings (SSSR count). The smallest absolute Gasteiger partial charge is 0.161 e. The van der Waals surface area contributed by atoms with Crippen LogP contribution >= 0.6 is 15.9 Å². The highest BCUT2D eigenvalue weighted by Crippen LogP contribution is 2.39. The maximum absolute atomic E-state index is 5.68. The Balaban J connectivity index is 1.82. The van der Waals surface area contributed by atoms with Crippen molar-refractivity contribution in [2.45, 2.75) is 42.8 Å². The first kappa shape index (κ1) is 12.3. The second-order valence-electron chi connectivity index (χ2n) is 5.22. The molecule has 18 heavy (non-hydrogen) atoms. The van der Waals surface area contributed by atoms with Crippen LogP contribution < -0.4 is 9.47 Å². The van der Waals surface area contributed by atoms with Crippen LogP contribution in [0.25, 0.3) is 0 Å². The maximum Gasteiger partial charge on any atom is 0.161 e. The number of hydrogen-bond donors (Lipinski definition) is 0. The normalized spacial score (nSPS) is 27.6. The third-order valence-electron chi connectivity index (χ3n) is 3.90. The van der Waals surface area contributed by atoms with E-state index in [1.54, 1.807) is 0 Å². The van der Waals surface area contributed by atoms with Gasteiger partial charge in [-0.3, -0.25) is 0 Å². The molecule has 1 aliphatic carbocycles. The molecule has 0 amide bonds. The fraction of sp³-hybridized carbons (Fsp3) is 0.600. The van der Waals surface area contributed by atoms with Crippen molar-refractivity contribution >= 4 is 15.9 Å². The molecular weight excluding hydrogens is 292 g/mol. The third-order valence-corrected chi connectivity index (χ3v) is 4.73. The molecule has 2 aliphatic rings. The molecule has 2 nitrogen and oxygen atoms in total. The first-order valence-electron chi connectivity index (χ1n) is 6.86. The van der Waals surface area contributed by atoms with Crippen LogP contribution in [0, 0.1) is 0 Å². The average Bonchev–Trinajstić information content (AvgIpc) is 2.63. The van der Waals surface area contributed by atoms with Gasteiger partial charge in [0.2, 0.25) is 0 Å². The van der Waals surface area contributed by atoms with Crippen LogP contribution in [-0.4, -0.2) is 18.0 Å². The molecule has 0 radical (unpaired) electrons. The molecule has 0 bridgehead atoms. The minimum absolute atomic E-state index is 0.660. The molecule has 2 unspecified atom stereocenters. The first-order valence-corrected chi connectivity index (χ1v) is 7.78. The predicted molar refractivity (Wildman–Crippen MR) is 76.0 cm³/mol. The van der Waals surface area contributed by atoms with Gasteiger partial charge in [0.05, 0.1) is 0 Å². The Bertz CT molecular complexity index is 419. The van der Waals surface area contributed by atoms with Crippen molar-refractivity contribution in [3.8, 4) is 11.5 Å². The molecule has 0 spiro atoms. The minimum atomic E-state index is 0.660. The number of fused-ring (bicyclic) bond motifs is 1. The third kappa shape index (κ3) is 2.66. The Morgan fingerprint density at radius 2 is 1.78 bits per heavy atom. The highest BCUT2D eigenvalue weighted by molar-refractivity contribution is 9.09. The maximum atomic E-state index is 5.68. The van der Waals surface area contributed by atoms with Gasteiger partial charge >= 0.3 is 0 Å². The summed E-state index contributed by atoms with van der Waals surface area (Å²) in [5.41, 5.74) is 1.41. The van der Waals surface area contributed by atoms with Gasteiger partial charge in [-0.1, -0.05) is 34.8 Å². The molecule has 1 heterocycles. The molecule has 1 fully saturated rings.